The van der Waals surface area contributed by atoms with Crippen LogP contribution in [0.3, 0.4) is 0 Å². The molecule has 3 aliphatic carbocycles. The van der Waals surface area contributed by atoms with Crippen molar-refractivity contribution in [1.82, 2.24) is 5.32 Å². The lowest BCUT2D eigenvalue weighted by atomic mass is 9.43. The summed E-state index contributed by atoms with van der Waals surface area (Å²) in [5.41, 5.74) is 5.56. The molecule has 0 radical (unpaired) electrons. The van der Waals surface area contributed by atoms with E-state index in [2.05, 4.69) is 39.9 Å². The highest BCUT2D eigenvalue weighted by Crippen LogP contribution is 2.65. The Morgan fingerprint density at radius 3 is 2.61 bits per heavy atom. The van der Waals surface area contributed by atoms with Crippen molar-refractivity contribution in [2.24, 2.45) is 28.9 Å². The van der Waals surface area contributed by atoms with Crippen LogP contribution in [0.2, 0.25) is 0 Å². The molecule has 130 valence electrons. The van der Waals surface area contributed by atoms with Crippen LogP contribution in [0.5, 0.6) is 0 Å². The second-order valence-electron chi connectivity index (χ2n) is 8.84. The smallest absolute Gasteiger partial charge is 0.404 e. The summed E-state index contributed by atoms with van der Waals surface area (Å²) in [5, 5.41) is 3.00. The molecule has 2 bridgehead atoms. The monoisotopic (exact) mass is 322 g/mol. The van der Waals surface area contributed by atoms with Crippen LogP contribution in [-0.2, 0) is 14.1 Å². The topological polar surface area (TPSA) is 73.6 Å². The van der Waals surface area contributed by atoms with Gasteiger partial charge >= 0.3 is 7.12 Å². The Morgan fingerprint density at radius 1 is 1.35 bits per heavy atom. The van der Waals surface area contributed by atoms with E-state index in [1.807, 2.05) is 0 Å². The molecule has 1 heterocycles. The first-order valence-electron chi connectivity index (χ1n) is 9.01. The fraction of sp³-hybridized carbons (Fsp3) is 0.941. The predicted octanol–water partition coefficient (Wildman–Crippen LogP) is 1.74. The average molecular weight is 322 g/mol. The van der Waals surface area contributed by atoms with Gasteiger partial charge in [-0.3, -0.25) is 4.79 Å². The Morgan fingerprint density at radius 2 is 2.04 bits per heavy atom. The number of hydrogen-bond donors (Lipinski definition) is 2. The van der Waals surface area contributed by atoms with Crippen LogP contribution in [0.25, 0.3) is 0 Å². The minimum atomic E-state index is -0.363. The van der Waals surface area contributed by atoms with E-state index in [-0.39, 0.29) is 37.2 Å². The third kappa shape index (κ3) is 2.73. The molecule has 23 heavy (non-hydrogen) atoms. The molecular weight excluding hydrogens is 291 g/mol. The number of rotatable bonds is 5. The molecule has 0 spiro atoms. The molecule has 4 rings (SSSR count). The lowest BCUT2D eigenvalue weighted by Crippen LogP contribution is -2.65. The number of nitrogens with one attached hydrogen (secondary N) is 1. The second kappa shape index (κ2) is 5.75. The summed E-state index contributed by atoms with van der Waals surface area (Å²) >= 11 is 0. The highest BCUT2D eigenvalue weighted by Gasteiger charge is 2.68. The molecule has 1 aliphatic heterocycles. The van der Waals surface area contributed by atoms with E-state index >= 15 is 0 Å². The lowest BCUT2D eigenvalue weighted by Gasteiger charge is -2.64. The van der Waals surface area contributed by atoms with E-state index in [9.17, 15) is 4.79 Å². The van der Waals surface area contributed by atoms with Gasteiger partial charge in [0.2, 0.25) is 5.91 Å². The number of amides is 1. The molecule has 4 fully saturated rings. The zero-order chi connectivity index (χ0) is 17.0. The van der Waals surface area contributed by atoms with Crippen molar-refractivity contribution < 1.29 is 14.1 Å². The summed E-state index contributed by atoms with van der Waals surface area (Å²) in [6.07, 6.45) is 3.28. The summed E-state index contributed by atoms with van der Waals surface area (Å²) in [6.45, 7) is 11.2. The number of carbonyl (C=O) groups is 1. The fourth-order valence-corrected chi connectivity index (χ4v) is 5.08. The van der Waals surface area contributed by atoms with Crippen molar-refractivity contribution in [2.45, 2.75) is 71.5 Å². The Balaban J connectivity index is 1.75. The predicted molar refractivity (Wildman–Crippen MR) is 90.6 cm³/mol. The van der Waals surface area contributed by atoms with Gasteiger partial charge in [0.1, 0.15) is 0 Å². The first kappa shape index (κ1) is 17.2. The molecule has 1 saturated heterocycles. The van der Waals surface area contributed by atoms with Crippen LogP contribution < -0.4 is 11.1 Å². The molecular formula is C17H31BN2O3. The number of carbonyl (C=O) groups excluding carboxylic acids is 1. The Bertz CT molecular complexity index is 484. The quantitative estimate of drug-likeness (QED) is 0.756. The van der Waals surface area contributed by atoms with Gasteiger partial charge in [0, 0.05) is 0 Å². The van der Waals surface area contributed by atoms with Crippen LogP contribution in [0.1, 0.15) is 53.9 Å². The van der Waals surface area contributed by atoms with Crippen LogP contribution in [0, 0.1) is 23.2 Å². The average Bonchev–Trinajstić information content (AvgIpc) is 2.82. The fourth-order valence-electron chi connectivity index (χ4n) is 5.08. The Kier molecular flexibility index (Phi) is 4.31. The molecule has 3 saturated carbocycles. The minimum absolute atomic E-state index is 0.000256. The van der Waals surface area contributed by atoms with E-state index in [4.69, 9.17) is 15.0 Å². The van der Waals surface area contributed by atoms with Gasteiger partial charge in [-0.25, -0.2) is 0 Å². The van der Waals surface area contributed by atoms with E-state index in [0.717, 1.165) is 18.8 Å². The first-order chi connectivity index (χ1) is 10.7. The first-order valence-corrected chi connectivity index (χ1v) is 9.01. The van der Waals surface area contributed by atoms with Gasteiger partial charge in [-0.15, -0.1) is 0 Å². The summed E-state index contributed by atoms with van der Waals surface area (Å²) in [4.78, 5) is 11.8. The molecule has 0 aromatic heterocycles. The van der Waals surface area contributed by atoms with E-state index in [0.29, 0.717) is 17.3 Å². The third-order valence-corrected chi connectivity index (χ3v) is 6.55. The molecule has 4 aliphatic rings. The molecule has 3 N–H and O–H groups in total. The Hall–Kier alpha value is -0.585. The summed E-state index contributed by atoms with van der Waals surface area (Å²) in [7, 11) is -0.363. The van der Waals surface area contributed by atoms with E-state index in [1.165, 1.54) is 6.42 Å². The second-order valence-corrected chi connectivity index (χ2v) is 8.84. The van der Waals surface area contributed by atoms with Crippen LogP contribution >= 0.6 is 0 Å². The minimum Gasteiger partial charge on any atom is -0.404 e. The largest absolute Gasteiger partial charge is 0.481 e. The Labute approximate surface area is 140 Å². The number of nitrogens with two attached hydrogens (primary N) is 1. The maximum Gasteiger partial charge on any atom is 0.481 e. The van der Waals surface area contributed by atoms with Crippen molar-refractivity contribution in [3.63, 3.8) is 0 Å². The van der Waals surface area contributed by atoms with Gasteiger partial charge in [-0.05, 0) is 49.4 Å². The molecule has 6 heteroatoms. The van der Waals surface area contributed by atoms with Crippen molar-refractivity contribution in [1.29, 1.82) is 0 Å². The highest BCUT2D eigenvalue weighted by molar-refractivity contribution is 6.47. The summed E-state index contributed by atoms with van der Waals surface area (Å²) < 4.78 is 12.8. The van der Waals surface area contributed by atoms with Gasteiger partial charge in [0.25, 0.3) is 0 Å². The molecule has 0 aromatic carbocycles. The lowest BCUT2D eigenvalue weighted by molar-refractivity contribution is -0.199. The van der Waals surface area contributed by atoms with Crippen LogP contribution in [0.4, 0.5) is 0 Å². The molecule has 5 atom stereocenters. The van der Waals surface area contributed by atoms with Gasteiger partial charge in [-0.1, -0.05) is 27.7 Å². The van der Waals surface area contributed by atoms with Crippen molar-refractivity contribution in [3.8, 4) is 0 Å². The van der Waals surface area contributed by atoms with Gasteiger partial charge < -0.3 is 20.4 Å². The van der Waals surface area contributed by atoms with Gasteiger partial charge in [0.05, 0.1) is 24.2 Å². The third-order valence-electron chi connectivity index (χ3n) is 6.55. The van der Waals surface area contributed by atoms with Gasteiger partial charge in [-0.2, -0.15) is 0 Å². The standard InChI is InChI=1S/C17H31BN2O3/c1-10(2)6-14(20-15(21)9-19)18-22-13-8-11-7-12(16(11,3)4)17(13,5)23-18/h10-14H,6-9,19H2,1-5H3,(H,20,21)/t11?,12-,13+,14-,17-/m0/s1. The molecule has 1 unspecified atom stereocenters. The van der Waals surface area contributed by atoms with Gasteiger partial charge in [0.15, 0.2) is 0 Å². The van der Waals surface area contributed by atoms with E-state index in [1.54, 1.807) is 0 Å². The SMILES string of the molecule is CC(C)C[C@H](NC(=O)CN)B1O[C@@H]2CC3C[C@@H](C3(C)C)[C@]2(C)O1. The van der Waals surface area contributed by atoms with Crippen molar-refractivity contribution in [2.75, 3.05) is 6.54 Å². The molecule has 1 amide bonds. The normalized spacial score (nSPS) is 38.9. The van der Waals surface area contributed by atoms with Crippen LogP contribution in [0.15, 0.2) is 0 Å². The maximum atomic E-state index is 11.8. The number of hydrogen-bond acceptors (Lipinski definition) is 4. The molecule has 5 nitrogen and oxygen atoms in total. The van der Waals surface area contributed by atoms with Crippen molar-refractivity contribution in [3.05, 3.63) is 0 Å². The van der Waals surface area contributed by atoms with E-state index < -0.39 is 0 Å². The highest BCUT2D eigenvalue weighted by atomic mass is 16.7. The zero-order valence-corrected chi connectivity index (χ0v) is 15.1. The van der Waals surface area contributed by atoms with Crippen LogP contribution in [-0.4, -0.2) is 37.2 Å². The summed E-state index contributed by atoms with van der Waals surface area (Å²) in [5.74, 6) is 1.44. The zero-order valence-electron chi connectivity index (χ0n) is 15.1. The van der Waals surface area contributed by atoms with Crippen molar-refractivity contribution >= 4 is 13.0 Å². The molecule has 0 aromatic rings. The summed E-state index contributed by atoms with van der Waals surface area (Å²) in [6, 6.07) is 0. The maximum absolute atomic E-state index is 11.8.